The second-order valence-corrected chi connectivity index (χ2v) is 2.61. The SMILES string of the molecule is CCOC1OCCS1. The van der Waals surface area contributed by atoms with Crippen LogP contribution in [0.5, 0.6) is 0 Å². The Labute approximate surface area is 53.5 Å². The Balaban J connectivity index is 2.06. The summed E-state index contributed by atoms with van der Waals surface area (Å²) in [4.78, 5) is 0. The van der Waals surface area contributed by atoms with E-state index in [0.717, 1.165) is 19.0 Å². The zero-order chi connectivity index (χ0) is 5.82. The molecule has 2 nitrogen and oxygen atoms in total. The van der Waals surface area contributed by atoms with Gasteiger partial charge in [-0.05, 0) is 6.92 Å². The maximum atomic E-state index is 5.14. The highest BCUT2D eigenvalue weighted by Crippen LogP contribution is 2.19. The highest BCUT2D eigenvalue weighted by molar-refractivity contribution is 7.99. The molecule has 1 rings (SSSR count). The van der Waals surface area contributed by atoms with Gasteiger partial charge in [0.25, 0.3) is 0 Å². The van der Waals surface area contributed by atoms with Gasteiger partial charge in [-0.15, -0.1) is 0 Å². The molecule has 1 unspecified atom stereocenters. The van der Waals surface area contributed by atoms with Crippen LogP contribution in [0.4, 0.5) is 0 Å². The summed E-state index contributed by atoms with van der Waals surface area (Å²) < 4.78 is 10.3. The number of ether oxygens (including phenoxy) is 2. The van der Waals surface area contributed by atoms with Crippen LogP contribution in [0.25, 0.3) is 0 Å². The van der Waals surface area contributed by atoms with Crippen molar-refractivity contribution >= 4 is 11.8 Å². The van der Waals surface area contributed by atoms with E-state index in [1.54, 1.807) is 11.8 Å². The summed E-state index contributed by atoms with van der Waals surface area (Å²) in [6, 6.07) is 0. The third kappa shape index (κ3) is 1.65. The maximum Gasteiger partial charge on any atom is 0.207 e. The van der Waals surface area contributed by atoms with Crippen molar-refractivity contribution in [2.45, 2.75) is 12.5 Å². The van der Waals surface area contributed by atoms with Gasteiger partial charge in [-0.3, -0.25) is 0 Å². The van der Waals surface area contributed by atoms with Gasteiger partial charge in [-0.2, -0.15) is 0 Å². The standard InChI is InChI=1S/C5H10O2S/c1-2-6-5-7-3-4-8-5/h5H,2-4H2,1H3. The molecule has 3 heteroatoms. The molecule has 1 aliphatic heterocycles. The van der Waals surface area contributed by atoms with Gasteiger partial charge >= 0.3 is 0 Å². The van der Waals surface area contributed by atoms with Crippen LogP contribution in [0.1, 0.15) is 6.92 Å². The molecule has 1 fully saturated rings. The number of hydrogen-bond acceptors (Lipinski definition) is 3. The Morgan fingerprint density at radius 1 is 1.88 bits per heavy atom. The van der Waals surface area contributed by atoms with Crippen molar-refractivity contribution in [2.75, 3.05) is 19.0 Å². The van der Waals surface area contributed by atoms with Crippen molar-refractivity contribution in [1.82, 2.24) is 0 Å². The Hall–Kier alpha value is 0.270. The van der Waals surface area contributed by atoms with Crippen molar-refractivity contribution in [1.29, 1.82) is 0 Å². The maximum absolute atomic E-state index is 5.14. The first-order valence-corrected chi connectivity index (χ1v) is 3.83. The molecule has 0 spiro atoms. The van der Waals surface area contributed by atoms with E-state index in [4.69, 9.17) is 9.47 Å². The summed E-state index contributed by atoms with van der Waals surface area (Å²) in [7, 11) is 0. The molecule has 8 heavy (non-hydrogen) atoms. The van der Waals surface area contributed by atoms with Crippen molar-refractivity contribution in [3.8, 4) is 0 Å². The Kier molecular flexibility index (Phi) is 2.66. The average molecular weight is 134 g/mol. The van der Waals surface area contributed by atoms with Crippen LogP contribution in [-0.2, 0) is 9.47 Å². The quantitative estimate of drug-likeness (QED) is 0.563. The number of rotatable bonds is 2. The summed E-state index contributed by atoms with van der Waals surface area (Å²) >= 11 is 1.72. The van der Waals surface area contributed by atoms with Gasteiger partial charge in [0.1, 0.15) is 0 Å². The topological polar surface area (TPSA) is 18.5 Å². The zero-order valence-corrected chi connectivity index (χ0v) is 5.74. The van der Waals surface area contributed by atoms with Gasteiger partial charge in [-0.25, -0.2) is 0 Å². The van der Waals surface area contributed by atoms with E-state index >= 15 is 0 Å². The van der Waals surface area contributed by atoms with Crippen LogP contribution in [-0.4, -0.2) is 24.6 Å². The fraction of sp³-hybridized carbons (Fsp3) is 1.00. The van der Waals surface area contributed by atoms with Gasteiger partial charge in [0, 0.05) is 12.4 Å². The largest absolute Gasteiger partial charge is 0.344 e. The van der Waals surface area contributed by atoms with E-state index in [9.17, 15) is 0 Å². The molecule has 0 amide bonds. The van der Waals surface area contributed by atoms with Crippen LogP contribution in [0.15, 0.2) is 0 Å². The lowest BCUT2D eigenvalue weighted by atomic mass is 10.9. The van der Waals surface area contributed by atoms with Crippen LogP contribution in [0, 0.1) is 0 Å². The van der Waals surface area contributed by atoms with Crippen molar-refractivity contribution in [2.24, 2.45) is 0 Å². The lowest BCUT2D eigenvalue weighted by Gasteiger charge is -2.05. The molecule has 1 heterocycles. The lowest BCUT2D eigenvalue weighted by Crippen LogP contribution is -2.05. The molecule has 0 aromatic rings. The monoisotopic (exact) mass is 134 g/mol. The molecule has 1 aliphatic rings. The third-order valence-corrected chi connectivity index (χ3v) is 1.84. The molecule has 0 aliphatic carbocycles. The molecule has 0 N–H and O–H groups in total. The van der Waals surface area contributed by atoms with Gasteiger partial charge < -0.3 is 9.47 Å². The predicted octanol–water partition coefficient (Wildman–Crippen LogP) is 1.07. The minimum atomic E-state index is 0.0278. The second kappa shape index (κ2) is 3.33. The van der Waals surface area contributed by atoms with E-state index in [1.807, 2.05) is 6.92 Å². The fourth-order valence-corrected chi connectivity index (χ4v) is 1.38. The van der Waals surface area contributed by atoms with E-state index < -0.39 is 0 Å². The van der Waals surface area contributed by atoms with E-state index in [-0.39, 0.29) is 5.62 Å². The summed E-state index contributed by atoms with van der Waals surface area (Å²) in [6.07, 6.45) is 0. The van der Waals surface area contributed by atoms with Crippen LogP contribution in [0.2, 0.25) is 0 Å². The Morgan fingerprint density at radius 3 is 3.25 bits per heavy atom. The van der Waals surface area contributed by atoms with Crippen LogP contribution >= 0.6 is 11.8 Å². The zero-order valence-electron chi connectivity index (χ0n) is 4.92. The number of thioether (sulfide) groups is 1. The van der Waals surface area contributed by atoms with Crippen LogP contribution in [0.3, 0.4) is 0 Å². The molecule has 0 aromatic carbocycles. The highest BCUT2D eigenvalue weighted by atomic mass is 32.2. The van der Waals surface area contributed by atoms with Gasteiger partial charge in [0.2, 0.25) is 5.62 Å². The van der Waals surface area contributed by atoms with Gasteiger partial charge in [0.05, 0.1) is 6.61 Å². The molecule has 48 valence electrons. The normalized spacial score (nSPS) is 28.9. The molecule has 1 saturated heterocycles. The fourth-order valence-electron chi connectivity index (χ4n) is 0.569. The molecule has 1 atom stereocenters. The van der Waals surface area contributed by atoms with Crippen LogP contribution < -0.4 is 0 Å². The van der Waals surface area contributed by atoms with Crippen molar-refractivity contribution in [3.05, 3.63) is 0 Å². The molecule has 0 saturated carbocycles. The molecular formula is C5H10O2S. The lowest BCUT2D eigenvalue weighted by molar-refractivity contribution is -0.0627. The minimum absolute atomic E-state index is 0.0278. The highest BCUT2D eigenvalue weighted by Gasteiger charge is 2.14. The predicted molar refractivity (Wildman–Crippen MR) is 33.8 cm³/mol. The van der Waals surface area contributed by atoms with E-state index in [1.165, 1.54) is 0 Å². The third-order valence-electron chi connectivity index (χ3n) is 0.894. The summed E-state index contributed by atoms with van der Waals surface area (Å²) in [5.41, 5.74) is 0.0278. The van der Waals surface area contributed by atoms with Crippen molar-refractivity contribution in [3.63, 3.8) is 0 Å². The molecule has 0 aromatic heterocycles. The molecule has 0 radical (unpaired) electrons. The Morgan fingerprint density at radius 2 is 2.75 bits per heavy atom. The number of hydrogen-bond donors (Lipinski definition) is 0. The van der Waals surface area contributed by atoms with E-state index in [2.05, 4.69) is 0 Å². The first-order chi connectivity index (χ1) is 3.93. The summed E-state index contributed by atoms with van der Waals surface area (Å²) in [6.45, 7) is 3.56. The minimum Gasteiger partial charge on any atom is -0.344 e. The first kappa shape index (κ1) is 6.39. The second-order valence-electron chi connectivity index (χ2n) is 1.49. The molecule has 0 bridgehead atoms. The van der Waals surface area contributed by atoms with Gasteiger partial charge in [-0.1, -0.05) is 11.8 Å². The average Bonchev–Trinajstić information content (AvgIpc) is 2.19. The smallest absolute Gasteiger partial charge is 0.207 e. The van der Waals surface area contributed by atoms with Gasteiger partial charge in [0.15, 0.2) is 0 Å². The van der Waals surface area contributed by atoms with E-state index in [0.29, 0.717) is 0 Å². The summed E-state index contributed by atoms with van der Waals surface area (Å²) in [5.74, 6) is 1.07. The first-order valence-electron chi connectivity index (χ1n) is 2.78. The summed E-state index contributed by atoms with van der Waals surface area (Å²) in [5, 5.41) is 0. The Bertz CT molecular complexity index is 61.4. The van der Waals surface area contributed by atoms with Crippen molar-refractivity contribution < 1.29 is 9.47 Å². The molecular weight excluding hydrogens is 124 g/mol.